The van der Waals surface area contributed by atoms with Crippen molar-refractivity contribution < 1.29 is 0 Å². The van der Waals surface area contributed by atoms with Gasteiger partial charge in [0, 0.05) is 19.1 Å². The molecule has 2 heterocycles. The van der Waals surface area contributed by atoms with Crippen LogP contribution < -0.4 is 5.32 Å². The maximum atomic E-state index is 3.55. The number of nitrogens with zero attached hydrogens (tertiary/aromatic N) is 1. The van der Waals surface area contributed by atoms with E-state index >= 15 is 0 Å². The molecule has 2 nitrogen and oxygen atoms in total. The fourth-order valence-corrected chi connectivity index (χ4v) is 4.50. The molecule has 0 radical (unpaired) electrons. The van der Waals surface area contributed by atoms with Crippen LogP contribution in [0.2, 0.25) is 0 Å². The summed E-state index contributed by atoms with van der Waals surface area (Å²) in [5, 5.41) is 3.55. The zero-order valence-corrected chi connectivity index (χ0v) is 12.4. The number of rotatable bonds is 1. The van der Waals surface area contributed by atoms with Gasteiger partial charge in [0.1, 0.15) is 0 Å². The van der Waals surface area contributed by atoms with E-state index in [1.54, 1.807) is 0 Å². The van der Waals surface area contributed by atoms with Gasteiger partial charge in [-0.05, 0) is 61.9 Å². The highest BCUT2D eigenvalue weighted by atomic mass is 15.2. The van der Waals surface area contributed by atoms with Crippen molar-refractivity contribution in [1.82, 2.24) is 10.2 Å². The summed E-state index contributed by atoms with van der Waals surface area (Å²) < 4.78 is 0. The minimum atomic E-state index is 0.524. The van der Waals surface area contributed by atoms with Crippen LogP contribution in [0.5, 0.6) is 0 Å². The summed E-state index contributed by atoms with van der Waals surface area (Å²) in [5.41, 5.74) is 0.524. The lowest BCUT2D eigenvalue weighted by atomic mass is 9.71. The highest BCUT2D eigenvalue weighted by molar-refractivity contribution is 4.95. The maximum absolute atomic E-state index is 3.55. The van der Waals surface area contributed by atoms with Crippen molar-refractivity contribution in [1.29, 1.82) is 0 Å². The zero-order valence-electron chi connectivity index (χ0n) is 12.4. The SMILES string of the molecule is CC(C)(C)C1CCC(N2C[C@H]3CNC[C@H]3C2)CC1. The molecule has 2 atom stereocenters. The Kier molecular flexibility index (Phi) is 3.44. The first-order valence-corrected chi connectivity index (χ1v) is 7.99. The van der Waals surface area contributed by atoms with Crippen LogP contribution in [0.4, 0.5) is 0 Å². The van der Waals surface area contributed by atoms with Gasteiger partial charge in [-0.1, -0.05) is 20.8 Å². The van der Waals surface area contributed by atoms with Gasteiger partial charge in [0.05, 0.1) is 0 Å². The summed E-state index contributed by atoms with van der Waals surface area (Å²) >= 11 is 0. The van der Waals surface area contributed by atoms with E-state index in [4.69, 9.17) is 0 Å². The van der Waals surface area contributed by atoms with Gasteiger partial charge < -0.3 is 5.32 Å². The number of likely N-dealkylation sites (tertiary alicyclic amines) is 1. The highest BCUT2D eigenvalue weighted by Crippen LogP contribution is 2.40. The topological polar surface area (TPSA) is 15.3 Å². The van der Waals surface area contributed by atoms with Crippen molar-refractivity contribution in [3.8, 4) is 0 Å². The smallest absolute Gasteiger partial charge is 0.00957 e. The molecule has 2 aliphatic heterocycles. The summed E-state index contributed by atoms with van der Waals surface area (Å²) in [7, 11) is 0. The second-order valence-electron chi connectivity index (χ2n) is 8.00. The molecule has 0 spiro atoms. The molecule has 0 unspecified atom stereocenters. The van der Waals surface area contributed by atoms with E-state index in [2.05, 4.69) is 31.0 Å². The van der Waals surface area contributed by atoms with Gasteiger partial charge in [-0.2, -0.15) is 0 Å². The molecule has 1 N–H and O–H groups in total. The van der Waals surface area contributed by atoms with Crippen LogP contribution in [0, 0.1) is 23.2 Å². The summed E-state index contributed by atoms with van der Waals surface area (Å²) in [4.78, 5) is 2.83. The van der Waals surface area contributed by atoms with Gasteiger partial charge in [0.15, 0.2) is 0 Å². The monoisotopic (exact) mass is 250 g/mol. The van der Waals surface area contributed by atoms with Crippen molar-refractivity contribution in [2.24, 2.45) is 23.2 Å². The predicted octanol–water partition coefficient (Wildman–Crippen LogP) is 2.74. The summed E-state index contributed by atoms with van der Waals surface area (Å²) in [5.74, 6) is 2.88. The lowest BCUT2D eigenvalue weighted by Gasteiger charge is -2.40. The maximum Gasteiger partial charge on any atom is 0.00957 e. The average molecular weight is 250 g/mol. The lowest BCUT2D eigenvalue weighted by Crippen LogP contribution is -2.40. The number of nitrogens with one attached hydrogen (secondary N) is 1. The molecule has 104 valence electrons. The molecule has 2 heteroatoms. The molecule has 2 saturated heterocycles. The minimum Gasteiger partial charge on any atom is -0.316 e. The zero-order chi connectivity index (χ0) is 12.8. The van der Waals surface area contributed by atoms with Crippen LogP contribution in [-0.4, -0.2) is 37.1 Å². The van der Waals surface area contributed by atoms with Crippen LogP contribution in [0.1, 0.15) is 46.5 Å². The van der Waals surface area contributed by atoms with E-state index in [-0.39, 0.29) is 0 Å². The van der Waals surface area contributed by atoms with Crippen LogP contribution in [0.3, 0.4) is 0 Å². The Balaban J connectivity index is 1.52. The van der Waals surface area contributed by atoms with Crippen molar-refractivity contribution in [2.45, 2.75) is 52.5 Å². The first-order valence-electron chi connectivity index (χ1n) is 7.99. The van der Waals surface area contributed by atoms with Gasteiger partial charge in [-0.15, -0.1) is 0 Å². The number of hydrogen-bond acceptors (Lipinski definition) is 2. The van der Waals surface area contributed by atoms with E-state index in [1.165, 1.54) is 51.9 Å². The molecule has 1 aliphatic carbocycles. The molecule has 0 aromatic carbocycles. The van der Waals surface area contributed by atoms with E-state index in [0.29, 0.717) is 5.41 Å². The molecule has 18 heavy (non-hydrogen) atoms. The average Bonchev–Trinajstić information content (AvgIpc) is 2.88. The largest absolute Gasteiger partial charge is 0.316 e. The molecule has 3 aliphatic rings. The van der Waals surface area contributed by atoms with Crippen LogP contribution in [0.25, 0.3) is 0 Å². The second-order valence-corrected chi connectivity index (χ2v) is 8.00. The number of fused-ring (bicyclic) bond motifs is 1. The summed E-state index contributed by atoms with van der Waals surface area (Å²) in [6.07, 6.45) is 5.82. The highest BCUT2D eigenvalue weighted by Gasteiger charge is 2.40. The van der Waals surface area contributed by atoms with Crippen LogP contribution >= 0.6 is 0 Å². The van der Waals surface area contributed by atoms with Crippen LogP contribution in [-0.2, 0) is 0 Å². The third kappa shape index (κ3) is 2.46. The molecule has 3 fully saturated rings. The molecule has 3 rings (SSSR count). The fraction of sp³-hybridized carbons (Fsp3) is 1.00. The van der Waals surface area contributed by atoms with E-state index in [9.17, 15) is 0 Å². The third-order valence-electron chi connectivity index (χ3n) is 5.86. The quantitative estimate of drug-likeness (QED) is 0.770. The van der Waals surface area contributed by atoms with E-state index in [1.807, 2.05) is 0 Å². The lowest BCUT2D eigenvalue weighted by molar-refractivity contribution is 0.106. The molecular formula is C16H30N2. The Morgan fingerprint density at radius 2 is 1.44 bits per heavy atom. The fourth-order valence-electron chi connectivity index (χ4n) is 4.50. The Bertz CT molecular complexity index is 274. The van der Waals surface area contributed by atoms with Crippen molar-refractivity contribution in [2.75, 3.05) is 26.2 Å². The first-order chi connectivity index (χ1) is 8.54. The molecular weight excluding hydrogens is 220 g/mol. The Labute approximate surface area is 113 Å². The van der Waals surface area contributed by atoms with Crippen molar-refractivity contribution >= 4 is 0 Å². The minimum absolute atomic E-state index is 0.524. The van der Waals surface area contributed by atoms with Crippen molar-refractivity contribution in [3.05, 3.63) is 0 Å². The van der Waals surface area contributed by atoms with Gasteiger partial charge in [-0.3, -0.25) is 4.90 Å². The standard InChI is InChI=1S/C16H30N2/c1-16(2,3)14-4-6-15(7-5-14)18-10-12-8-17-9-13(12)11-18/h12-15,17H,4-11H2,1-3H3/t12-,13+,14?,15?. The van der Waals surface area contributed by atoms with Crippen LogP contribution in [0.15, 0.2) is 0 Å². The molecule has 0 aromatic heterocycles. The van der Waals surface area contributed by atoms with Crippen molar-refractivity contribution in [3.63, 3.8) is 0 Å². The molecule has 0 aromatic rings. The number of hydrogen-bond donors (Lipinski definition) is 1. The Hall–Kier alpha value is -0.0800. The normalized spacial score (nSPS) is 42.2. The Morgan fingerprint density at radius 1 is 0.889 bits per heavy atom. The predicted molar refractivity (Wildman–Crippen MR) is 76.6 cm³/mol. The van der Waals surface area contributed by atoms with E-state index in [0.717, 1.165) is 23.8 Å². The van der Waals surface area contributed by atoms with E-state index < -0.39 is 0 Å². The summed E-state index contributed by atoms with van der Waals surface area (Å²) in [6.45, 7) is 12.6. The van der Waals surface area contributed by atoms with Gasteiger partial charge in [0.2, 0.25) is 0 Å². The summed E-state index contributed by atoms with van der Waals surface area (Å²) in [6, 6.07) is 0.911. The third-order valence-corrected chi connectivity index (χ3v) is 5.86. The van der Waals surface area contributed by atoms with Gasteiger partial charge >= 0.3 is 0 Å². The van der Waals surface area contributed by atoms with Gasteiger partial charge in [-0.25, -0.2) is 0 Å². The molecule has 0 amide bonds. The first kappa shape index (κ1) is 12.9. The molecule has 1 saturated carbocycles. The Morgan fingerprint density at radius 3 is 1.94 bits per heavy atom. The molecule has 0 bridgehead atoms. The van der Waals surface area contributed by atoms with Gasteiger partial charge in [0.25, 0.3) is 0 Å². The second kappa shape index (κ2) is 4.79.